The summed E-state index contributed by atoms with van der Waals surface area (Å²) in [5, 5.41) is 15.0. The summed E-state index contributed by atoms with van der Waals surface area (Å²) in [7, 11) is 0. The number of carbonyl (C=O) groups excluding carboxylic acids is 1. The molecule has 0 spiro atoms. The Morgan fingerprint density at radius 2 is 1.81 bits per heavy atom. The minimum atomic E-state index is -1.02. The van der Waals surface area contributed by atoms with Crippen LogP contribution in [0.2, 0.25) is 0 Å². The average molecular weight is 378 g/mol. The van der Waals surface area contributed by atoms with E-state index in [0.29, 0.717) is 32.6 Å². The summed E-state index contributed by atoms with van der Waals surface area (Å²) < 4.78 is 18.5. The highest BCUT2D eigenvalue weighted by Crippen LogP contribution is 2.40. The molecule has 6 nitrogen and oxygen atoms in total. The zero-order chi connectivity index (χ0) is 19.3. The first-order chi connectivity index (χ1) is 13.0. The van der Waals surface area contributed by atoms with Gasteiger partial charge in [0, 0.05) is 25.2 Å². The van der Waals surface area contributed by atoms with Gasteiger partial charge in [-0.15, -0.1) is 0 Å². The number of hydrogen-bond acceptors (Lipinski definition) is 3. The van der Waals surface area contributed by atoms with Crippen molar-refractivity contribution in [3.63, 3.8) is 0 Å². The topological polar surface area (TPSA) is 87.7 Å². The zero-order valence-corrected chi connectivity index (χ0v) is 15.4. The number of ether oxygens (including phenoxy) is 1. The van der Waals surface area contributed by atoms with Gasteiger partial charge in [-0.1, -0.05) is 25.0 Å². The van der Waals surface area contributed by atoms with E-state index in [0.717, 1.165) is 31.2 Å². The van der Waals surface area contributed by atoms with Crippen LogP contribution in [0.5, 0.6) is 0 Å². The van der Waals surface area contributed by atoms with E-state index in [1.807, 2.05) is 0 Å². The molecule has 1 heterocycles. The summed E-state index contributed by atoms with van der Waals surface area (Å²) in [6, 6.07) is 5.06. The molecule has 2 fully saturated rings. The van der Waals surface area contributed by atoms with Crippen LogP contribution in [0.1, 0.15) is 44.1 Å². The van der Waals surface area contributed by atoms with Crippen LogP contribution in [0.3, 0.4) is 0 Å². The largest absolute Gasteiger partial charge is 0.480 e. The summed E-state index contributed by atoms with van der Waals surface area (Å²) in [5.74, 6) is -1.43. The Bertz CT molecular complexity index is 652. The van der Waals surface area contributed by atoms with E-state index in [9.17, 15) is 19.1 Å². The summed E-state index contributed by atoms with van der Waals surface area (Å²) in [6.07, 6.45) is 5.19. The van der Waals surface area contributed by atoms with Gasteiger partial charge in [0.05, 0.1) is 0 Å². The molecule has 1 aromatic rings. The minimum absolute atomic E-state index is 0.125. The van der Waals surface area contributed by atoms with Crippen LogP contribution in [-0.4, -0.2) is 42.9 Å². The van der Waals surface area contributed by atoms with Gasteiger partial charge in [-0.2, -0.15) is 0 Å². The number of carbonyl (C=O) groups is 2. The summed E-state index contributed by atoms with van der Waals surface area (Å²) in [5.41, 5.74) is 0.795. The van der Waals surface area contributed by atoms with E-state index in [1.165, 1.54) is 12.1 Å². The predicted molar refractivity (Wildman–Crippen MR) is 98.0 cm³/mol. The number of halogens is 1. The highest BCUT2D eigenvalue weighted by atomic mass is 19.1. The molecule has 1 aromatic carbocycles. The molecule has 148 valence electrons. The van der Waals surface area contributed by atoms with Crippen molar-refractivity contribution in [2.45, 2.75) is 50.0 Å². The Balaban J connectivity index is 1.62. The van der Waals surface area contributed by atoms with Crippen LogP contribution in [0.15, 0.2) is 24.3 Å². The minimum Gasteiger partial charge on any atom is -0.480 e. The Morgan fingerprint density at radius 3 is 2.41 bits per heavy atom. The molecule has 3 N–H and O–H groups in total. The number of rotatable bonds is 6. The van der Waals surface area contributed by atoms with Crippen molar-refractivity contribution in [2.24, 2.45) is 5.92 Å². The van der Waals surface area contributed by atoms with Crippen LogP contribution >= 0.6 is 0 Å². The maximum absolute atomic E-state index is 13.3. The Labute approximate surface area is 158 Å². The van der Waals surface area contributed by atoms with Crippen molar-refractivity contribution in [3.05, 3.63) is 35.6 Å². The predicted octanol–water partition coefficient (Wildman–Crippen LogP) is 2.82. The number of hydrogen-bond donors (Lipinski definition) is 3. The molecule has 1 saturated carbocycles. The fraction of sp³-hybridized carbons (Fsp3) is 0.600. The monoisotopic (exact) mass is 378 g/mol. The van der Waals surface area contributed by atoms with Gasteiger partial charge in [0.1, 0.15) is 11.9 Å². The standard InChI is InChI=1S/C20H27FN2O4/c21-16-5-3-15(4-6-16)20(9-1-2-10-20)13-22-19(26)23-17(18(24)25)14-7-11-27-12-8-14/h3-6,14,17H,1-2,7-13H2,(H,24,25)(H2,22,23,26). The van der Waals surface area contributed by atoms with Crippen molar-refractivity contribution < 1.29 is 23.8 Å². The van der Waals surface area contributed by atoms with Crippen molar-refractivity contribution in [1.29, 1.82) is 0 Å². The summed E-state index contributed by atoms with van der Waals surface area (Å²) >= 11 is 0. The van der Waals surface area contributed by atoms with E-state index < -0.39 is 18.0 Å². The first-order valence-electron chi connectivity index (χ1n) is 9.61. The fourth-order valence-corrected chi connectivity index (χ4v) is 4.29. The lowest BCUT2D eigenvalue weighted by Crippen LogP contribution is -2.52. The van der Waals surface area contributed by atoms with Crippen LogP contribution in [0.4, 0.5) is 9.18 Å². The summed E-state index contributed by atoms with van der Waals surface area (Å²) in [4.78, 5) is 24.0. The van der Waals surface area contributed by atoms with Crippen LogP contribution in [0.25, 0.3) is 0 Å². The van der Waals surface area contributed by atoms with Crippen LogP contribution in [-0.2, 0) is 14.9 Å². The van der Waals surface area contributed by atoms with Gasteiger partial charge in [-0.3, -0.25) is 0 Å². The van der Waals surface area contributed by atoms with Crippen molar-refractivity contribution in [2.75, 3.05) is 19.8 Å². The lowest BCUT2D eigenvalue weighted by Gasteiger charge is -2.31. The highest BCUT2D eigenvalue weighted by Gasteiger charge is 2.37. The molecule has 1 aliphatic carbocycles. The average Bonchev–Trinajstić information content (AvgIpc) is 3.15. The Hall–Kier alpha value is -2.15. The van der Waals surface area contributed by atoms with Gasteiger partial charge < -0.3 is 20.5 Å². The zero-order valence-electron chi connectivity index (χ0n) is 15.4. The number of benzene rings is 1. The molecular weight excluding hydrogens is 351 g/mol. The van der Waals surface area contributed by atoms with Gasteiger partial charge >= 0.3 is 12.0 Å². The fourth-order valence-electron chi connectivity index (χ4n) is 4.29. The van der Waals surface area contributed by atoms with Gasteiger partial charge in [0.2, 0.25) is 0 Å². The second-order valence-electron chi connectivity index (χ2n) is 7.59. The lowest BCUT2D eigenvalue weighted by molar-refractivity contribution is -0.141. The summed E-state index contributed by atoms with van der Waals surface area (Å²) in [6.45, 7) is 1.45. The van der Waals surface area contributed by atoms with E-state index in [1.54, 1.807) is 12.1 Å². The molecule has 27 heavy (non-hydrogen) atoms. The second-order valence-corrected chi connectivity index (χ2v) is 7.59. The molecule has 3 rings (SSSR count). The third-order valence-corrected chi connectivity index (χ3v) is 5.89. The smallest absolute Gasteiger partial charge is 0.326 e. The third kappa shape index (κ3) is 4.77. The van der Waals surface area contributed by atoms with E-state index in [2.05, 4.69) is 10.6 Å². The van der Waals surface area contributed by atoms with Gasteiger partial charge in [-0.25, -0.2) is 14.0 Å². The molecule has 1 saturated heterocycles. The quantitative estimate of drug-likeness (QED) is 0.710. The molecule has 1 aliphatic heterocycles. The second kappa shape index (κ2) is 8.69. The highest BCUT2D eigenvalue weighted by molar-refractivity contribution is 5.82. The number of carboxylic acids is 1. The lowest BCUT2D eigenvalue weighted by atomic mass is 9.79. The molecule has 0 radical (unpaired) electrons. The third-order valence-electron chi connectivity index (χ3n) is 5.89. The van der Waals surface area contributed by atoms with Crippen molar-refractivity contribution >= 4 is 12.0 Å². The molecular formula is C20H27FN2O4. The van der Waals surface area contributed by atoms with Gasteiger partial charge in [0.25, 0.3) is 0 Å². The number of aliphatic carboxylic acids is 1. The maximum Gasteiger partial charge on any atom is 0.326 e. The van der Waals surface area contributed by atoms with E-state index in [-0.39, 0.29) is 17.2 Å². The molecule has 2 amide bonds. The van der Waals surface area contributed by atoms with E-state index >= 15 is 0 Å². The normalized spacial score (nSPS) is 20.8. The van der Waals surface area contributed by atoms with Crippen LogP contribution < -0.4 is 10.6 Å². The SMILES string of the molecule is O=C(NCC1(c2ccc(F)cc2)CCCC1)NC(C(=O)O)C1CCOCC1. The number of amides is 2. The first-order valence-corrected chi connectivity index (χ1v) is 9.61. The van der Waals surface area contributed by atoms with Crippen molar-refractivity contribution in [3.8, 4) is 0 Å². The molecule has 2 aliphatic rings. The number of urea groups is 1. The number of nitrogens with one attached hydrogen (secondary N) is 2. The van der Waals surface area contributed by atoms with Crippen molar-refractivity contribution in [1.82, 2.24) is 10.6 Å². The Morgan fingerprint density at radius 1 is 1.19 bits per heavy atom. The van der Waals surface area contributed by atoms with E-state index in [4.69, 9.17) is 4.74 Å². The Kier molecular flexibility index (Phi) is 6.31. The van der Waals surface area contributed by atoms with Gasteiger partial charge in [-0.05, 0) is 49.3 Å². The van der Waals surface area contributed by atoms with Crippen LogP contribution in [0, 0.1) is 11.7 Å². The number of carboxylic acid groups (broad SMARTS) is 1. The molecule has 1 atom stereocenters. The molecule has 0 bridgehead atoms. The molecule has 1 unspecified atom stereocenters. The molecule has 0 aromatic heterocycles. The van der Waals surface area contributed by atoms with Gasteiger partial charge in [0.15, 0.2) is 0 Å². The first kappa shape index (κ1) is 19.6. The molecule has 7 heteroatoms. The maximum atomic E-state index is 13.3.